The zero-order valence-electron chi connectivity index (χ0n) is 45.4. The molecule has 8 atom stereocenters. The maximum absolute atomic E-state index is 13.4. The number of anilines is 1. The highest BCUT2D eigenvalue weighted by Gasteiger charge is 2.45. The van der Waals surface area contributed by atoms with Crippen LogP contribution in [0.1, 0.15) is 97.3 Å². The number of hydrogen-bond donors (Lipinski definition) is 8. The first-order valence-electron chi connectivity index (χ1n) is 26.1. The smallest absolute Gasteiger partial charge is 0.297 e. The molecule has 0 saturated carbocycles. The van der Waals surface area contributed by atoms with Crippen molar-refractivity contribution in [3.05, 3.63) is 36.4 Å². The molecule has 0 bridgehead atoms. The van der Waals surface area contributed by atoms with Crippen LogP contribution < -0.4 is 20.3 Å². The van der Waals surface area contributed by atoms with Crippen LogP contribution in [0.3, 0.4) is 0 Å². The van der Waals surface area contributed by atoms with E-state index in [-0.39, 0.29) is 11.3 Å². The normalized spacial score (nSPS) is 16.4. The molecule has 2 aromatic carbocycles. The lowest BCUT2D eigenvalue weighted by Gasteiger charge is -2.41. The number of aliphatic hydroxyl groups excluding tert-OH is 5. The second kappa shape index (κ2) is 39.2. The number of carbonyl (C=O) groups is 2. The molecule has 15 nitrogen and oxygen atoms in total. The van der Waals surface area contributed by atoms with E-state index in [1.807, 2.05) is 25.1 Å². The summed E-state index contributed by atoms with van der Waals surface area (Å²) in [6.07, 6.45) is 2.02. The second-order valence-corrected chi connectivity index (χ2v) is 19.7. The van der Waals surface area contributed by atoms with E-state index in [0.29, 0.717) is 17.2 Å². The molecule has 80 heavy (non-hydrogen) atoms. The molecule has 8 N–H and O–H groups in total. The first kappa shape index (κ1) is 66.1. The van der Waals surface area contributed by atoms with Crippen molar-refractivity contribution in [2.45, 2.75) is 151 Å². The maximum Gasteiger partial charge on any atom is 0.297 e. The van der Waals surface area contributed by atoms with Gasteiger partial charge in [-0.1, -0.05) is 114 Å². The van der Waals surface area contributed by atoms with Crippen molar-refractivity contribution in [3.63, 3.8) is 0 Å². The summed E-state index contributed by atoms with van der Waals surface area (Å²) in [5, 5.41) is 60.9. The summed E-state index contributed by atoms with van der Waals surface area (Å²) < 4.78 is 40.6. The van der Waals surface area contributed by atoms with Crippen molar-refractivity contribution >= 4 is 38.3 Å². The number of carbonyl (C=O) groups excluding carboxylic acids is 2. The molecular weight excluding hydrogens is 1030 g/mol. The predicted octanol–water partition coefficient (Wildman–Crippen LogP) is 2.48. The first-order valence-corrected chi connectivity index (χ1v) is 27.6. The van der Waals surface area contributed by atoms with Gasteiger partial charge in [-0.3, -0.25) is 9.59 Å². The highest BCUT2D eigenvalue weighted by molar-refractivity contribution is 7.89. The Hall–Kier alpha value is -8.21. The number of rotatable bonds is 26. The Kier molecular flexibility index (Phi) is 32.4. The molecule has 1 aliphatic heterocycles. The van der Waals surface area contributed by atoms with E-state index in [9.17, 15) is 43.5 Å². The summed E-state index contributed by atoms with van der Waals surface area (Å²) in [6, 6.07) is 8.71. The monoisotopic (exact) mass is 1100 g/mol. The number of ether oxygens (including phenoxy) is 2. The lowest BCUT2D eigenvalue weighted by Crippen LogP contribution is -2.61. The van der Waals surface area contributed by atoms with Crippen molar-refractivity contribution in [2.24, 2.45) is 0 Å². The molecule has 16 heteroatoms. The van der Waals surface area contributed by atoms with Gasteiger partial charge in [-0.05, 0) is 120 Å². The van der Waals surface area contributed by atoms with E-state index in [2.05, 4.69) is 164 Å². The zero-order valence-corrected chi connectivity index (χ0v) is 46.3. The number of nitrogens with zero attached hydrogens (tertiary/aromatic N) is 1. The van der Waals surface area contributed by atoms with Crippen LogP contribution in [0.2, 0.25) is 0 Å². The van der Waals surface area contributed by atoms with Crippen molar-refractivity contribution in [2.75, 3.05) is 38.7 Å². The van der Waals surface area contributed by atoms with Gasteiger partial charge in [0.05, 0.1) is 30.2 Å². The molecule has 1 saturated heterocycles. The van der Waals surface area contributed by atoms with Crippen LogP contribution in [-0.4, -0.2) is 129 Å². The largest absolute Gasteiger partial charge is 0.390 e. The molecule has 1 aliphatic rings. The fraction of sp³-hybridized carbons (Fsp3) is 0.438. The number of nitrogens with one attached hydrogen (secondary N) is 3. The molecule has 5 unspecified atom stereocenters. The van der Waals surface area contributed by atoms with Gasteiger partial charge in [0, 0.05) is 78.5 Å². The summed E-state index contributed by atoms with van der Waals surface area (Å²) in [7, 11) is -0.524. The Morgan fingerprint density at radius 1 is 0.637 bits per heavy atom. The van der Waals surface area contributed by atoms with Crippen LogP contribution in [0.25, 0.3) is 10.8 Å². The lowest BCUT2D eigenvalue weighted by molar-refractivity contribution is -0.297. The minimum atomic E-state index is -4.19. The molecule has 1 fully saturated rings. The van der Waals surface area contributed by atoms with E-state index >= 15 is 0 Å². The van der Waals surface area contributed by atoms with Crippen molar-refractivity contribution < 1.29 is 53.0 Å². The van der Waals surface area contributed by atoms with Gasteiger partial charge in [-0.25, -0.2) is 13.1 Å². The molecular formula is C64H66N4O11S. The molecule has 3 rings (SSSR count). The molecule has 0 aromatic heterocycles. The number of amides is 2. The predicted molar refractivity (Wildman–Crippen MR) is 308 cm³/mol. The van der Waals surface area contributed by atoms with Gasteiger partial charge < -0.3 is 50.5 Å². The number of fused-ring (bicyclic) bond motifs is 1. The first-order chi connectivity index (χ1) is 38.7. The summed E-state index contributed by atoms with van der Waals surface area (Å²) in [5.41, 5.74) is 0.797. The van der Waals surface area contributed by atoms with E-state index in [1.54, 1.807) is 31.2 Å². The molecule has 1 heterocycles. The second-order valence-electron chi connectivity index (χ2n) is 17.9. The van der Waals surface area contributed by atoms with Gasteiger partial charge in [-0.15, -0.1) is 0 Å². The Labute approximate surface area is 472 Å². The standard InChI is InChI=1S/C64H66N4O11S/c1-5-7-9-11-13-15-17-19-20-21-22-23-24-25-26-27-28-29-31-33-35-37-39-47-58(70)67-53(60(72)55(69)45-38-36-34-32-30-18-16-14-12-10-8-6-2)50-78-64-63(75)62(74)61(73)56(79-64)48-65-59(71)49-66-80(76,77)57-46-41-42-51-52(57)43-40-44-54(51)68(3)4/h40-44,46,53,55-56,60-64,66,69,72-75H,6,8,10,12,14,16,18,30,32,34,36,38,45,48-50H2,1-4H3,(H,65,71)(H,67,70)/t53-,55+,56?,60-,61?,62?,63?,64?/m0/s1. The number of aliphatic hydroxyl groups is 5. The number of hydrogen-bond acceptors (Lipinski definition) is 12. The zero-order chi connectivity index (χ0) is 58.2. The summed E-state index contributed by atoms with van der Waals surface area (Å²) in [4.78, 5) is 27.8. The average molecular weight is 1100 g/mol. The van der Waals surface area contributed by atoms with Crippen LogP contribution in [0.15, 0.2) is 41.3 Å². The van der Waals surface area contributed by atoms with Crippen molar-refractivity contribution in [3.8, 4) is 142 Å². The third kappa shape index (κ3) is 26.0. The van der Waals surface area contributed by atoms with E-state index in [1.165, 1.54) is 51.0 Å². The van der Waals surface area contributed by atoms with Gasteiger partial charge in [0.1, 0.15) is 30.5 Å². The quantitative estimate of drug-likeness (QED) is 0.0503. The van der Waals surface area contributed by atoms with Crippen molar-refractivity contribution in [1.29, 1.82) is 0 Å². The van der Waals surface area contributed by atoms with Gasteiger partial charge in [0.15, 0.2) is 6.29 Å². The highest BCUT2D eigenvalue weighted by atomic mass is 32.2. The van der Waals surface area contributed by atoms with E-state index < -0.39 is 90.5 Å². The Balaban J connectivity index is 1.62. The Morgan fingerprint density at radius 2 is 1.11 bits per heavy atom. The Morgan fingerprint density at radius 3 is 1.62 bits per heavy atom. The maximum atomic E-state index is 13.4. The van der Waals surface area contributed by atoms with Gasteiger partial charge in [0.25, 0.3) is 5.91 Å². The van der Waals surface area contributed by atoms with Crippen LogP contribution in [0.4, 0.5) is 5.69 Å². The third-order valence-electron chi connectivity index (χ3n) is 11.8. The van der Waals surface area contributed by atoms with Gasteiger partial charge in [-0.2, -0.15) is 0 Å². The van der Waals surface area contributed by atoms with Crippen LogP contribution >= 0.6 is 0 Å². The molecule has 2 amide bonds. The Bertz CT molecular complexity index is 3340. The summed E-state index contributed by atoms with van der Waals surface area (Å²) in [5.74, 6) is 57.6. The van der Waals surface area contributed by atoms with Gasteiger partial charge in [0.2, 0.25) is 15.9 Å². The van der Waals surface area contributed by atoms with E-state index in [4.69, 9.17) is 9.47 Å². The average Bonchev–Trinajstić information content (AvgIpc) is 3.45. The van der Waals surface area contributed by atoms with Gasteiger partial charge >= 0.3 is 0 Å². The highest BCUT2D eigenvalue weighted by Crippen LogP contribution is 2.30. The SMILES string of the molecule is CC#CC#CC#CC#CC#CC#CC#CC#CC#CC#CC#CC#CC(=O)N[C@@H](COC1OC(CNC(=O)CNS(=O)(=O)c2cccc3c(N(C)C)cccc23)C(O)C(O)C1O)[C@H](O)[C@H](O)CCCCCCCCCCCCCC. The fourth-order valence-corrected chi connectivity index (χ4v) is 8.87. The van der Waals surface area contributed by atoms with Crippen LogP contribution in [-0.2, 0) is 29.1 Å². The van der Waals surface area contributed by atoms with Crippen molar-refractivity contribution in [1.82, 2.24) is 15.4 Å². The number of unbranched alkanes of at least 4 members (excludes halogenated alkanes) is 11. The fourth-order valence-electron chi connectivity index (χ4n) is 7.66. The third-order valence-corrected chi connectivity index (χ3v) is 13.2. The minimum absolute atomic E-state index is 0.0369. The number of benzene rings is 2. The van der Waals surface area contributed by atoms with Crippen LogP contribution in [0.5, 0.6) is 0 Å². The molecule has 2 aromatic rings. The summed E-state index contributed by atoms with van der Waals surface area (Å²) >= 11 is 0. The lowest BCUT2D eigenvalue weighted by atomic mass is 9.98. The minimum Gasteiger partial charge on any atom is -0.390 e. The molecule has 0 aliphatic carbocycles. The van der Waals surface area contributed by atoms with Crippen LogP contribution in [0, 0.1) is 142 Å². The molecule has 0 radical (unpaired) electrons. The number of sulfonamides is 1. The summed E-state index contributed by atoms with van der Waals surface area (Å²) in [6.45, 7) is 2.13. The molecule has 414 valence electrons. The van der Waals surface area contributed by atoms with E-state index in [0.717, 1.165) is 31.4 Å². The molecule has 0 spiro atoms. The topological polar surface area (TPSA) is 227 Å².